The predicted octanol–water partition coefficient (Wildman–Crippen LogP) is 0.663. The molecule has 3 nitrogen and oxygen atoms in total. The van der Waals surface area contributed by atoms with Gasteiger partial charge in [0.05, 0.1) is 0 Å². The lowest BCUT2D eigenvalue weighted by Crippen LogP contribution is -2.48. The first-order valence-corrected chi connectivity index (χ1v) is 5.32. The lowest BCUT2D eigenvalue weighted by Gasteiger charge is -2.32. The van der Waals surface area contributed by atoms with Gasteiger partial charge in [0, 0.05) is 50.2 Å². The summed E-state index contributed by atoms with van der Waals surface area (Å²) in [6.07, 6.45) is 5.08. The maximum absolute atomic E-state index is 4.17. The van der Waals surface area contributed by atoms with E-state index in [4.69, 9.17) is 0 Å². The van der Waals surface area contributed by atoms with Gasteiger partial charge in [-0.15, -0.1) is 0 Å². The van der Waals surface area contributed by atoms with Gasteiger partial charge >= 0.3 is 0 Å². The summed E-state index contributed by atoms with van der Waals surface area (Å²) in [4.78, 5) is 6.67. The number of hydrogen-bond donors (Lipinski definition) is 1. The molecular weight excluding hydrogens is 174 g/mol. The molecule has 74 valence electrons. The van der Waals surface area contributed by atoms with E-state index in [1.807, 2.05) is 12.4 Å². The van der Waals surface area contributed by atoms with Gasteiger partial charge in [-0.3, -0.25) is 4.98 Å². The van der Waals surface area contributed by atoms with Gasteiger partial charge in [0.2, 0.25) is 0 Å². The van der Waals surface area contributed by atoms with Crippen molar-refractivity contribution in [3.8, 4) is 0 Å². The van der Waals surface area contributed by atoms with Gasteiger partial charge in [-0.1, -0.05) is 0 Å². The Morgan fingerprint density at radius 3 is 3.21 bits per heavy atom. The van der Waals surface area contributed by atoms with E-state index in [0.717, 1.165) is 5.92 Å². The quantitative estimate of drug-likeness (QED) is 0.741. The molecule has 14 heavy (non-hydrogen) atoms. The fraction of sp³-hybridized carbons (Fsp3) is 0.545. The van der Waals surface area contributed by atoms with E-state index in [2.05, 4.69) is 21.3 Å². The number of nitrogens with zero attached hydrogens (tertiary/aromatic N) is 2. The molecular formula is C11H15N3. The predicted molar refractivity (Wildman–Crippen MR) is 56.5 cm³/mol. The Morgan fingerprint density at radius 2 is 2.43 bits per heavy atom. The Bertz CT molecular complexity index is 333. The van der Waals surface area contributed by atoms with Gasteiger partial charge in [0.25, 0.3) is 0 Å². The second kappa shape index (κ2) is 3.24. The van der Waals surface area contributed by atoms with Crippen LogP contribution in [0.4, 0.5) is 5.69 Å². The number of hydrogen-bond acceptors (Lipinski definition) is 3. The lowest BCUT2D eigenvalue weighted by molar-refractivity contribution is 0.350. The zero-order valence-corrected chi connectivity index (χ0v) is 8.24. The van der Waals surface area contributed by atoms with Gasteiger partial charge in [-0.05, 0) is 18.1 Å². The van der Waals surface area contributed by atoms with Crippen molar-refractivity contribution in [1.82, 2.24) is 10.3 Å². The summed E-state index contributed by atoms with van der Waals surface area (Å²) in [6.45, 7) is 4.77. The van der Waals surface area contributed by atoms with Crippen LogP contribution in [0.15, 0.2) is 18.5 Å². The van der Waals surface area contributed by atoms with Crippen molar-refractivity contribution in [1.29, 1.82) is 0 Å². The maximum Gasteiger partial charge on any atom is 0.0430 e. The molecule has 2 aliphatic heterocycles. The smallest absolute Gasteiger partial charge is 0.0430 e. The standard InChI is InChI=1S/C11H15N3/c1-3-12-7-10-2-4-14(11(1)10)8-9-5-13-6-9/h1,3,7,9,13H,2,4-6,8H2. The molecule has 3 heteroatoms. The van der Waals surface area contributed by atoms with Crippen LogP contribution < -0.4 is 10.2 Å². The zero-order chi connectivity index (χ0) is 9.38. The molecule has 0 bridgehead atoms. The van der Waals surface area contributed by atoms with Crippen molar-refractivity contribution >= 4 is 5.69 Å². The van der Waals surface area contributed by atoms with E-state index < -0.39 is 0 Å². The molecule has 2 aliphatic rings. The minimum atomic E-state index is 0.856. The largest absolute Gasteiger partial charge is 0.371 e. The highest BCUT2D eigenvalue weighted by atomic mass is 15.2. The molecule has 1 aromatic rings. The highest BCUT2D eigenvalue weighted by Crippen LogP contribution is 2.27. The summed E-state index contributed by atoms with van der Waals surface area (Å²) in [5.41, 5.74) is 2.83. The number of aromatic nitrogens is 1. The Morgan fingerprint density at radius 1 is 1.50 bits per heavy atom. The Kier molecular flexibility index (Phi) is 1.91. The van der Waals surface area contributed by atoms with Crippen molar-refractivity contribution in [2.24, 2.45) is 5.92 Å². The maximum atomic E-state index is 4.17. The third-order valence-corrected chi connectivity index (χ3v) is 3.21. The first-order chi connectivity index (χ1) is 6.93. The second-order valence-corrected chi connectivity index (χ2v) is 4.22. The van der Waals surface area contributed by atoms with Crippen LogP contribution in [0.5, 0.6) is 0 Å². The zero-order valence-electron chi connectivity index (χ0n) is 8.24. The van der Waals surface area contributed by atoms with Gasteiger partial charge < -0.3 is 10.2 Å². The third kappa shape index (κ3) is 1.28. The average molecular weight is 189 g/mol. The SMILES string of the molecule is c1cc2c(cn1)CCN2CC1CNC1. The van der Waals surface area contributed by atoms with Crippen molar-refractivity contribution < 1.29 is 0 Å². The summed E-state index contributed by atoms with van der Waals surface area (Å²) < 4.78 is 0. The Labute approximate surface area is 84.1 Å². The molecule has 0 spiro atoms. The summed E-state index contributed by atoms with van der Waals surface area (Å²) in [7, 11) is 0. The van der Waals surface area contributed by atoms with E-state index in [-0.39, 0.29) is 0 Å². The van der Waals surface area contributed by atoms with Crippen LogP contribution in [-0.4, -0.2) is 31.2 Å². The fourth-order valence-electron chi connectivity index (χ4n) is 2.28. The number of rotatable bonds is 2. The van der Waals surface area contributed by atoms with Crippen LogP contribution in [-0.2, 0) is 6.42 Å². The van der Waals surface area contributed by atoms with E-state index in [1.54, 1.807) is 0 Å². The summed E-state index contributed by atoms with van der Waals surface area (Å²) in [5.74, 6) is 0.856. The normalized spacial score (nSPS) is 20.7. The molecule has 0 amide bonds. The van der Waals surface area contributed by atoms with Crippen LogP contribution in [0.3, 0.4) is 0 Å². The van der Waals surface area contributed by atoms with Crippen LogP contribution in [0.1, 0.15) is 5.56 Å². The number of pyridine rings is 1. The molecule has 1 aromatic heterocycles. The van der Waals surface area contributed by atoms with Gasteiger partial charge in [0.1, 0.15) is 0 Å². The summed E-state index contributed by atoms with van der Waals surface area (Å²) in [5, 5.41) is 3.32. The Balaban J connectivity index is 1.76. The van der Waals surface area contributed by atoms with E-state index in [1.165, 1.54) is 43.9 Å². The summed E-state index contributed by atoms with van der Waals surface area (Å²) >= 11 is 0. The van der Waals surface area contributed by atoms with Crippen LogP contribution in [0.2, 0.25) is 0 Å². The molecule has 1 saturated heterocycles. The minimum Gasteiger partial charge on any atom is -0.371 e. The molecule has 1 fully saturated rings. The molecule has 3 rings (SSSR count). The highest BCUT2D eigenvalue weighted by Gasteiger charge is 2.24. The molecule has 0 aliphatic carbocycles. The first-order valence-electron chi connectivity index (χ1n) is 5.32. The van der Waals surface area contributed by atoms with Crippen LogP contribution in [0, 0.1) is 5.92 Å². The first kappa shape index (κ1) is 8.24. The molecule has 0 unspecified atom stereocenters. The molecule has 0 aromatic carbocycles. The van der Waals surface area contributed by atoms with Crippen molar-refractivity contribution in [2.75, 3.05) is 31.1 Å². The van der Waals surface area contributed by atoms with E-state index in [0.29, 0.717) is 0 Å². The van der Waals surface area contributed by atoms with E-state index in [9.17, 15) is 0 Å². The molecule has 0 saturated carbocycles. The third-order valence-electron chi connectivity index (χ3n) is 3.21. The lowest BCUT2D eigenvalue weighted by atomic mass is 10.0. The number of nitrogens with one attached hydrogen (secondary N) is 1. The Hall–Kier alpha value is -1.09. The van der Waals surface area contributed by atoms with Crippen LogP contribution in [0.25, 0.3) is 0 Å². The molecule has 0 radical (unpaired) electrons. The van der Waals surface area contributed by atoms with Gasteiger partial charge in [0.15, 0.2) is 0 Å². The number of fused-ring (bicyclic) bond motifs is 1. The highest BCUT2D eigenvalue weighted by molar-refractivity contribution is 5.56. The molecule has 0 atom stereocenters. The van der Waals surface area contributed by atoms with Crippen molar-refractivity contribution in [3.05, 3.63) is 24.0 Å². The monoisotopic (exact) mass is 189 g/mol. The molecule has 3 heterocycles. The van der Waals surface area contributed by atoms with Gasteiger partial charge in [-0.25, -0.2) is 0 Å². The number of anilines is 1. The summed E-state index contributed by atoms with van der Waals surface area (Å²) in [6, 6.07) is 2.15. The van der Waals surface area contributed by atoms with Crippen molar-refractivity contribution in [2.45, 2.75) is 6.42 Å². The van der Waals surface area contributed by atoms with Gasteiger partial charge in [-0.2, -0.15) is 0 Å². The fourth-order valence-corrected chi connectivity index (χ4v) is 2.28. The van der Waals surface area contributed by atoms with Crippen LogP contribution >= 0.6 is 0 Å². The average Bonchev–Trinajstić information content (AvgIpc) is 2.55. The molecule has 1 N–H and O–H groups in total. The second-order valence-electron chi connectivity index (χ2n) is 4.22. The minimum absolute atomic E-state index is 0.856. The topological polar surface area (TPSA) is 28.2 Å². The van der Waals surface area contributed by atoms with E-state index >= 15 is 0 Å². The van der Waals surface area contributed by atoms with Crippen molar-refractivity contribution in [3.63, 3.8) is 0 Å².